The predicted molar refractivity (Wildman–Crippen MR) is 299 cm³/mol. The van der Waals surface area contributed by atoms with E-state index in [9.17, 15) is 17.0 Å². The van der Waals surface area contributed by atoms with Gasteiger partial charge in [0.15, 0.2) is 0 Å². The summed E-state index contributed by atoms with van der Waals surface area (Å²) in [5.41, 5.74) is 14.7. The second kappa shape index (κ2) is 20.2. The molecule has 6 aromatic rings. The molecule has 68 heavy (non-hydrogen) atoms. The van der Waals surface area contributed by atoms with Crippen LogP contribution in [0.3, 0.4) is 0 Å². The number of hydrogen-bond donors (Lipinski definition) is 0. The average Bonchev–Trinajstić information content (AvgIpc) is 3.90. The fourth-order valence-corrected chi connectivity index (χ4v) is 46.3. The van der Waals surface area contributed by atoms with Crippen LogP contribution in [0.4, 0.5) is 0 Å². The van der Waals surface area contributed by atoms with Gasteiger partial charge in [-0.3, -0.25) is 0 Å². The molecule has 0 N–H and O–H groups in total. The Morgan fingerprint density at radius 3 is 1.21 bits per heavy atom. The molecule has 2 unspecified atom stereocenters. The number of halogens is 2. The van der Waals surface area contributed by atoms with Crippen molar-refractivity contribution in [1.29, 1.82) is 0 Å². The van der Waals surface area contributed by atoms with E-state index in [4.69, 9.17) is 0 Å². The fourth-order valence-electron chi connectivity index (χ4n) is 15.0. The molecular formula is C64H77Cl2SiZr. The zero-order chi connectivity index (χ0) is 47.0. The first-order chi connectivity index (χ1) is 33.1. The Hall–Kier alpha value is -3.00. The molecule has 0 saturated heterocycles. The number of hydrogen-bond acceptors (Lipinski definition) is 0. The van der Waals surface area contributed by atoms with Crippen LogP contribution < -0.4 is 0 Å². The molecule has 2 fully saturated rings. The summed E-state index contributed by atoms with van der Waals surface area (Å²) in [6, 6.07) is 46.3. The van der Waals surface area contributed by atoms with Gasteiger partial charge in [-0.1, -0.05) is 0 Å². The molecule has 0 aromatic heterocycles. The van der Waals surface area contributed by atoms with Gasteiger partial charge in [-0.05, 0) is 0 Å². The van der Waals surface area contributed by atoms with E-state index in [1.165, 1.54) is 182 Å². The Balaban J connectivity index is 1.22. The Morgan fingerprint density at radius 1 is 0.456 bits per heavy atom. The van der Waals surface area contributed by atoms with Crippen LogP contribution in [-0.4, -0.2) is 5.92 Å². The number of rotatable bonds is 13. The summed E-state index contributed by atoms with van der Waals surface area (Å²) in [6.45, 7) is 10.1. The van der Waals surface area contributed by atoms with Crippen LogP contribution in [0.1, 0.15) is 172 Å². The van der Waals surface area contributed by atoms with Gasteiger partial charge in [0.2, 0.25) is 0 Å². The standard InChI is InChI=1S/2C31H35.C2H7Si.2ClH.Zr/c2*1-2-18-31(19-8-4-3-5-9-20-31)23-24-21-26-14-11-17-29(30(26)22-24)28-16-10-13-25-12-6-7-15-27(25)28;1-3-2;;;/h2*6-7,10-17,21-22H,2-5,8-9,18-20,23H2,1H3;3H,1-2H3;2*1H;/q;;;;;+2/p-2. The monoisotopic (exact) mass is 1030 g/mol. The molecule has 6 aromatic carbocycles. The van der Waals surface area contributed by atoms with E-state index in [0.29, 0.717) is 0 Å². The van der Waals surface area contributed by atoms with E-state index >= 15 is 0 Å². The van der Waals surface area contributed by atoms with Crippen LogP contribution in [0.5, 0.6) is 0 Å². The molecule has 4 aliphatic rings. The number of allylic oxidation sites excluding steroid dienone is 2. The quantitative estimate of drug-likeness (QED) is 0.101. The Labute approximate surface area is 419 Å². The third-order valence-corrected chi connectivity index (χ3v) is 70.1. The molecule has 0 radical (unpaired) electrons. The predicted octanol–water partition coefficient (Wildman–Crippen LogP) is 20.7. The molecule has 0 amide bonds. The van der Waals surface area contributed by atoms with Crippen molar-refractivity contribution in [2.24, 2.45) is 10.8 Å². The first-order valence-corrected chi connectivity index (χ1v) is 43.6. The fraction of sp³-hybridized carbons (Fsp3) is 0.438. The summed E-state index contributed by atoms with van der Waals surface area (Å²) in [7, 11) is 19.1. The molecule has 10 rings (SSSR count). The van der Waals surface area contributed by atoms with Gasteiger partial charge in [0, 0.05) is 0 Å². The van der Waals surface area contributed by atoms with Gasteiger partial charge in [0.25, 0.3) is 0 Å². The number of fused-ring (bicyclic) bond motifs is 4. The van der Waals surface area contributed by atoms with E-state index in [0.717, 1.165) is 12.8 Å². The van der Waals surface area contributed by atoms with Gasteiger partial charge < -0.3 is 0 Å². The molecule has 355 valence electrons. The molecule has 2 atom stereocenters. The third kappa shape index (κ3) is 8.90. The van der Waals surface area contributed by atoms with E-state index in [1.54, 1.807) is 11.1 Å². The summed E-state index contributed by atoms with van der Waals surface area (Å²) in [4.78, 5) is 0. The maximum atomic E-state index is 9.53. The first kappa shape index (κ1) is 48.6. The molecule has 0 nitrogen and oxygen atoms in total. The molecule has 0 heterocycles. The minimum absolute atomic E-state index is 0.0653. The first-order valence-electron chi connectivity index (χ1n) is 27.3. The molecule has 4 aliphatic carbocycles. The number of benzene rings is 6. The van der Waals surface area contributed by atoms with E-state index in [-0.39, 0.29) is 18.1 Å². The molecule has 2 saturated carbocycles. The van der Waals surface area contributed by atoms with Crippen LogP contribution in [-0.2, 0) is 15.6 Å². The van der Waals surface area contributed by atoms with E-state index in [1.807, 2.05) is 0 Å². The Morgan fingerprint density at radius 2 is 0.809 bits per heavy atom. The summed E-state index contributed by atoms with van der Waals surface area (Å²) < 4.78 is 0.131. The average molecular weight is 1040 g/mol. The van der Waals surface area contributed by atoms with Gasteiger partial charge in [-0.25, -0.2) is 0 Å². The van der Waals surface area contributed by atoms with E-state index in [2.05, 4.69) is 160 Å². The van der Waals surface area contributed by atoms with Crippen molar-refractivity contribution in [2.75, 3.05) is 0 Å². The van der Waals surface area contributed by atoms with Crippen molar-refractivity contribution in [2.45, 2.75) is 163 Å². The second-order valence-electron chi connectivity index (χ2n) is 22.7. The Kier molecular flexibility index (Phi) is 14.5. The zero-order valence-electron chi connectivity index (χ0n) is 41.8. The normalized spacial score (nSPS) is 21.2. The second-order valence-corrected chi connectivity index (χ2v) is 65.3. The SMILES string of the molecule is CCCC1(CC2=Cc3c(-c4cccc5ccccc45)cccc3[CH]2[Zr]([Cl])([Cl])([CH]2C(CC3(CCC)CCCCCCC3)=Cc3c(-c4cccc5ccccc45)cccc32)[SiH](C)C)CCCCCCC1. The van der Waals surface area contributed by atoms with Crippen LogP contribution in [0.15, 0.2) is 132 Å². The summed E-state index contributed by atoms with van der Waals surface area (Å²) >= 11 is -5.28. The Bertz CT molecular complexity index is 2630. The summed E-state index contributed by atoms with van der Waals surface area (Å²) in [6.07, 6.45) is 31.5. The topological polar surface area (TPSA) is 0 Å². The molecule has 0 bridgehead atoms. The van der Waals surface area contributed by atoms with Crippen molar-refractivity contribution < 1.29 is 15.6 Å². The molecule has 4 heteroatoms. The zero-order valence-corrected chi connectivity index (χ0v) is 47.0. The van der Waals surface area contributed by atoms with Crippen LogP contribution in [0.25, 0.3) is 56.0 Å². The van der Waals surface area contributed by atoms with Crippen LogP contribution in [0, 0.1) is 10.8 Å². The van der Waals surface area contributed by atoms with Crippen molar-refractivity contribution in [3.05, 3.63) is 155 Å². The van der Waals surface area contributed by atoms with Crippen LogP contribution >= 0.6 is 17.0 Å². The van der Waals surface area contributed by atoms with Crippen molar-refractivity contribution in [1.82, 2.24) is 0 Å². The van der Waals surface area contributed by atoms with Crippen molar-refractivity contribution >= 4 is 56.6 Å². The molecular weight excluding hydrogens is 959 g/mol. The molecule has 0 aliphatic heterocycles. The maximum absolute atomic E-state index is 9.53. The van der Waals surface area contributed by atoms with E-state index < -0.39 is 21.5 Å². The summed E-state index contributed by atoms with van der Waals surface area (Å²) in [5, 5.41) is 5.23. The minimum atomic E-state index is -5.28. The third-order valence-electron chi connectivity index (χ3n) is 18.2. The van der Waals surface area contributed by atoms with Gasteiger partial charge in [-0.15, -0.1) is 0 Å². The summed E-state index contributed by atoms with van der Waals surface area (Å²) in [5.74, 6) is -1.84. The molecule has 0 spiro atoms. The van der Waals surface area contributed by atoms with Gasteiger partial charge >= 0.3 is 423 Å². The van der Waals surface area contributed by atoms with Crippen molar-refractivity contribution in [3.63, 3.8) is 0 Å². The van der Waals surface area contributed by atoms with Crippen molar-refractivity contribution in [3.8, 4) is 22.3 Å². The van der Waals surface area contributed by atoms with Gasteiger partial charge in [-0.2, -0.15) is 0 Å². The van der Waals surface area contributed by atoms with Gasteiger partial charge in [0.1, 0.15) is 0 Å². The van der Waals surface area contributed by atoms with Crippen LogP contribution in [0.2, 0.25) is 13.1 Å². The van der Waals surface area contributed by atoms with Gasteiger partial charge in [0.05, 0.1) is 0 Å².